The number of carbonyl (C=O) groups is 2. The fourth-order valence-electron chi connectivity index (χ4n) is 3.58. The number of likely N-dealkylation sites (tertiary alicyclic amines) is 1. The van der Waals surface area contributed by atoms with Crippen LogP contribution in [-0.2, 0) is 20.7 Å². The highest BCUT2D eigenvalue weighted by molar-refractivity contribution is 5.92. The average Bonchev–Trinajstić information content (AvgIpc) is 3.00. The van der Waals surface area contributed by atoms with Crippen molar-refractivity contribution >= 4 is 11.8 Å². The molecule has 0 radical (unpaired) electrons. The standard InChI is InChI=1S/C18H27N3O3/c1-20(2)17(23)18(9-4-7-15-8-5-11-19-13-15)10-6-12-21(18)16(22)14-24-3/h5,8,11,13H,4,6-7,9-10,12,14H2,1-3H3. The Morgan fingerprint density at radius 3 is 2.83 bits per heavy atom. The molecule has 0 spiro atoms. The second-order valence-electron chi connectivity index (χ2n) is 6.53. The lowest BCUT2D eigenvalue weighted by Gasteiger charge is -2.39. The molecule has 0 aliphatic carbocycles. The van der Waals surface area contributed by atoms with Gasteiger partial charge in [-0.2, -0.15) is 0 Å². The fraction of sp³-hybridized carbons (Fsp3) is 0.611. The van der Waals surface area contributed by atoms with E-state index in [1.165, 1.54) is 7.11 Å². The van der Waals surface area contributed by atoms with Crippen LogP contribution in [0.4, 0.5) is 0 Å². The van der Waals surface area contributed by atoms with Gasteiger partial charge < -0.3 is 14.5 Å². The number of aryl methyl sites for hydroxylation is 1. The molecule has 0 saturated carbocycles. The summed E-state index contributed by atoms with van der Waals surface area (Å²) < 4.78 is 5.00. The largest absolute Gasteiger partial charge is 0.375 e. The van der Waals surface area contributed by atoms with Gasteiger partial charge in [-0.15, -0.1) is 0 Å². The van der Waals surface area contributed by atoms with Crippen molar-refractivity contribution in [1.29, 1.82) is 0 Å². The predicted octanol–water partition coefficient (Wildman–Crippen LogP) is 1.50. The van der Waals surface area contributed by atoms with Gasteiger partial charge in [-0.25, -0.2) is 0 Å². The summed E-state index contributed by atoms with van der Waals surface area (Å²) in [7, 11) is 5.01. The van der Waals surface area contributed by atoms with E-state index in [0.717, 1.165) is 24.8 Å². The van der Waals surface area contributed by atoms with Gasteiger partial charge in [0.1, 0.15) is 12.1 Å². The Labute approximate surface area is 143 Å². The van der Waals surface area contributed by atoms with E-state index >= 15 is 0 Å². The molecule has 1 aliphatic rings. The number of likely N-dealkylation sites (N-methyl/N-ethyl adjacent to an activating group) is 1. The molecule has 6 heteroatoms. The van der Waals surface area contributed by atoms with Gasteiger partial charge in [-0.1, -0.05) is 6.07 Å². The third-order valence-corrected chi connectivity index (χ3v) is 4.64. The highest BCUT2D eigenvalue weighted by Crippen LogP contribution is 2.35. The first-order chi connectivity index (χ1) is 11.5. The van der Waals surface area contributed by atoms with Crippen molar-refractivity contribution < 1.29 is 14.3 Å². The van der Waals surface area contributed by atoms with Crippen molar-refractivity contribution in [3.63, 3.8) is 0 Å². The molecule has 1 aliphatic heterocycles. The predicted molar refractivity (Wildman–Crippen MR) is 91.4 cm³/mol. The summed E-state index contributed by atoms with van der Waals surface area (Å²) in [6.45, 7) is 0.639. The third kappa shape index (κ3) is 3.93. The molecule has 2 rings (SSSR count). The number of hydrogen-bond acceptors (Lipinski definition) is 4. The summed E-state index contributed by atoms with van der Waals surface area (Å²) in [6, 6.07) is 3.95. The number of nitrogens with zero attached hydrogens (tertiary/aromatic N) is 3. The van der Waals surface area contributed by atoms with Gasteiger partial charge in [-0.3, -0.25) is 14.6 Å². The normalized spacial score (nSPS) is 20.2. The summed E-state index contributed by atoms with van der Waals surface area (Å²) in [5.41, 5.74) is 0.416. The van der Waals surface area contributed by atoms with Crippen LogP contribution in [0.2, 0.25) is 0 Å². The van der Waals surface area contributed by atoms with Crippen LogP contribution in [0.15, 0.2) is 24.5 Å². The number of carbonyl (C=O) groups excluding carboxylic acids is 2. The zero-order valence-corrected chi connectivity index (χ0v) is 14.8. The summed E-state index contributed by atoms with van der Waals surface area (Å²) >= 11 is 0. The van der Waals surface area contributed by atoms with Gasteiger partial charge in [0.2, 0.25) is 11.8 Å². The van der Waals surface area contributed by atoms with Crippen LogP contribution in [-0.4, -0.2) is 66.5 Å². The molecule has 1 atom stereocenters. The molecule has 132 valence electrons. The first-order valence-corrected chi connectivity index (χ1v) is 8.41. The highest BCUT2D eigenvalue weighted by Gasteiger charge is 2.49. The van der Waals surface area contributed by atoms with Crippen LogP contribution in [0.5, 0.6) is 0 Å². The van der Waals surface area contributed by atoms with Crippen molar-refractivity contribution in [2.45, 2.75) is 37.6 Å². The second-order valence-corrected chi connectivity index (χ2v) is 6.53. The lowest BCUT2D eigenvalue weighted by molar-refractivity contribution is -0.152. The first-order valence-electron chi connectivity index (χ1n) is 8.41. The van der Waals surface area contributed by atoms with Crippen LogP contribution in [0.1, 0.15) is 31.2 Å². The zero-order chi connectivity index (χ0) is 17.6. The second kappa shape index (κ2) is 8.24. The Hall–Kier alpha value is -1.95. The van der Waals surface area contributed by atoms with Crippen LogP contribution in [0.25, 0.3) is 0 Å². The van der Waals surface area contributed by atoms with Crippen LogP contribution in [0.3, 0.4) is 0 Å². The van der Waals surface area contributed by atoms with Crippen molar-refractivity contribution in [3.8, 4) is 0 Å². The molecule has 1 saturated heterocycles. The third-order valence-electron chi connectivity index (χ3n) is 4.64. The van der Waals surface area contributed by atoms with E-state index in [9.17, 15) is 9.59 Å². The lowest BCUT2D eigenvalue weighted by atomic mass is 9.87. The van der Waals surface area contributed by atoms with Crippen LogP contribution >= 0.6 is 0 Å². The van der Waals surface area contributed by atoms with Gasteiger partial charge in [0.05, 0.1) is 0 Å². The summed E-state index contributed by atoms with van der Waals surface area (Å²) in [6.07, 6.45) is 7.51. The van der Waals surface area contributed by atoms with Gasteiger partial charge in [0, 0.05) is 40.1 Å². The molecule has 0 aromatic carbocycles. The number of hydrogen-bond donors (Lipinski definition) is 0. The first kappa shape index (κ1) is 18.4. The number of methoxy groups -OCH3 is 1. The van der Waals surface area contributed by atoms with Crippen LogP contribution < -0.4 is 0 Å². The van der Waals surface area contributed by atoms with Crippen molar-refractivity contribution in [3.05, 3.63) is 30.1 Å². The minimum absolute atomic E-state index is 0.00985. The fourth-order valence-corrected chi connectivity index (χ4v) is 3.58. The zero-order valence-electron chi connectivity index (χ0n) is 14.8. The molecule has 2 amide bonds. The maximum Gasteiger partial charge on any atom is 0.249 e. The van der Waals surface area contributed by atoms with E-state index < -0.39 is 5.54 Å². The molecule has 0 bridgehead atoms. The molecule has 2 heterocycles. The maximum atomic E-state index is 12.9. The Morgan fingerprint density at radius 2 is 2.21 bits per heavy atom. The average molecular weight is 333 g/mol. The molecule has 1 fully saturated rings. The molecular formula is C18H27N3O3. The molecule has 6 nitrogen and oxygen atoms in total. The highest BCUT2D eigenvalue weighted by atomic mass is 16.5. The maximum absolute atomic E-state index is 12.9. The summed E-state index contributed by atoms with van der Waals surface area (Å²) in [5.74, 6) is -0.0952. The summed E-state index contributed by atoms with van der Waals surface area (Å²) in [4.78, 5) is 32.8. The Bertz CT molecular complexity index is 562. The van der Waals surface area contributed by atoms with E-state index in [1.54, 1.807) is 30.1 Å². The smallest absolute Gasteiger partial charge is 0.249 e. The van der Waals surface area contributed by atoms with Gasteiger partial charge in [0.15, 0.2) is 0 Å². The minimum atomic E-state index is -0.735. The molecule has 1 unspecified atom stereocenters. The quantitative estimate of drug-likeness (QED) is 0.759. The Kier molecular flexibility index (Phi) is 6.31. The molecule has 1 aromatic heterocycles. The number of rotatable bonds is 7. The Balaban J connectivity index is 2.14. The minimum Gasteiger partial charge on any atom is -0.375 e. The van der Waals surface area contributed by atoms with E-state index in [0.29, 0.717) is 19.4 Å². The monoisotopic (exact) mass is 333 g/mol. The molecule has 24 heavy (non-hydrogen) atoms. The number of pyridine rings is 1. The number of ether oxygens (including phenoxy) is 1. The van der Waals surface area contributed by atoms with Gasteiger partial charge in [0.25, 0.3) is 0 Å². The van der Waals surface area contributed by atoms with E-state index in [4.69, 9.17) is 4.74 Å². The lowest BCUT2D eigenvalue weighted by Crippen LogP contribution is -2.57. The number of aromatic nitrogens is 1. The number of amides is 2. The van der Waals surface area contributed by atoms with Crippen molar-refractivity contribution in [2.75, 3.05) is 34.4 Å². The van der Waals surface area contributed by atoms with Crippen molar-refractivity contribution in [2.24, 2.45) is 0 Å². The molecule has 1 aromatic rings. The topological polar surface area (TPSA) is 62.7 Å². The molecular weight excluding hydrogens is 306 g/mol. The SMILES string of the molecule is COCC(=O)N1CCCC1(CCCc1cccnc1)C(=O)N(C)C. The van der Waals surface area contributed by atoms with Gasteiger partial charge in [-0.05, 0) is 43.7 Å². The molecule has 0 N–H and O–H groups in total. The Morgan fingerprint density at radius 1 is 1.42 bits per heavy atom. The van der Waals surface area contributed by atoms with Crippen LogP contribution in [0, 0.1) is 0 Å². The van der Waals surface area contributed by atoms with E-state index in [1.807, 2.05) is 18.3 Å². The summed E-state index contributed by atoms with van der Waals surface area (Å²) in [5, 5.41) is 0. The van der Waals surface area contributed by atoms with Crippen molar-refractivity contribution in [1.82, 2.24) is 14.8 Å². The van der Waals surface area contributed by atoms with Gasteiger partial charge >= 0.3 is 0 Å². The van der Waals surface area contributed by atoms with E-state index in [2.05, 4.69) is 4.98 Å². The van der Waals surface area contributed by atoms with E-state index in [-0.39, 0.29) is 18.4 Å².